The molecule has 0 aromatic carbocycles. The number of rotatable bonds is 10. The molecule has 2 rings (SSSR count). The number of thioether (sulfide) groups is 1. The Morgan fingerprint density at radius 2 is 2.03 bits per heavy atom. The predicted molar refractivity (Wildman–Crippen MR) is 117 cm³/mol. The Hall–Kier alpha value is -1.61. The van der Waals surface area contributed by atoms with Crippen LogP contribution < -0.4 is 10.6 Å². The Balaban J connectivity index is 1.93. The zero-order valence-electron chi connectivity index (χ0n) is 17.4. The van der Waals surface area contributed by atoms with E-state index in [1.807, 2.05) is 6.26 Å². The van der Waals surface area contributed by atoms with Gasteiger partial charge in [0.25, 0.3) is 0 Å². The highest BCUT2D eigenvalue weighted by atomic mass is 32.2. The summed E-state index contributed by atoms with van der Waals surface area (Å²) < 4.78 is 4.93. The van der Waals surface area contributed by atoms with E-state index in [9.17, 15) is 14.4 Å². The maximum absolute atomic E-state index is 12.8. The van der Waals surface area contributed by atoms with Crippen molar-refractivity contribution in [1.82, 2.24) is 10.3 Å². The molecule has 0 bridgehead atoms. The first-order chi connectivity index (χ1) is 13.9. The third-order valence-corrected chi connectivity index (χ3v) is 6.59. The smallest absolute Gasteiger partial charge is 0.311 e. The minimum Gasteiger partial charge on any atom is -0.466 e. The van der Waals surface area contributed by atoms with Crippen molar-refractivity contribution in [3.05, 3.63) is 11.1 Å². The van der Waals surface area contributed by atoms with Crippen molar-refractivity contribution in [3.63, 3.8) is 0 Å². The molecule has 9 heteroatoms. The van der Waals surface area contributed by atoms with Gasteiger partial charge in [-0.1, -0.05) is 6.92 Å². The van der Waals surface area contributed by atoms with Gasteiger partial charge in [-0.25, -0.2) is 4.98 Å². The third kappa shape index (κ3) is 7.97. The maximum Gasteiger partial charge on any atom is 0.311 e. The summed E-state index contributed by atoms with van der Waals surface area (Å²) >= 11 is 2.88. The Morgan fingerprint density at radius 3 is 2.69 bits per heavy atom. The van der Waals surface area contributed by atoms with Gasteiger partial charge in [-0.05, 0) is 57.0 Å². The first kappa shape index (κ1) is 23.7. The van der Waals surface area contributed by atoms with Crippen LogP contribution in [-0.4, -0.2) is 47.4 Å². The van der Waals surface area contributed by atoms with Crippen LogP contribution in [0.15, 0.2) is 6.20 Å². The van der Waals surface area contributed by atoms with Crippen molar-refractivity contribution in [1.29, 1.82) is 0 Å². The number of carbonyl (C=O) groups excluding carboxylic acids is 3. The van der Waals surface area contributed by atoms with Gasteiger partial charge < -0.3 is 15.4 Å². The number of carbonyl (C=O) groups is 3. The van der Waals surface area contributed by atoms with Gasteiger partial charge in [0.05, 0.1) is 13.0 Å². The summed E-state index contributed by atoms with van der Waals surface area (Å²) in [4.78, 5) is 41.9. The zero-order chi connectivity index (χ0) is 21.2. The van der Waals surface area contributed by atoms with E-state index in [0.29, 0.717) is 24.1 Å². The molecule has 0 radical (unpaired) electrons. The lowest BCUT2D eigenvalue weighted by atomic mass is 9.82. The largest absolute Gasteiger partial charge is 0.466 e. The summed E-state index contributed by atoms with van der Waals surface area (Å²) in [5.74, 6) is 0.816. The number of thiazole rings is 1. The van der Waals surface area contributed by atoms with Crippen LogP contribution >= 0.6 is 23.1 Å². The van der Waals surface area contributed by atoms with E-state index < -0.39 is 6.04 Å². The number of amides is 2. The molecule has 1 aliphatic carbocycles. The number of hydrogen-bond donors (Lipinski definition) is 2. The summed E-state index contributed by atoms with van der Waals surface area (Å²) in [5, 5.41) is 6.16. The molecule has 1 aliphatic rings. The number of aromatic nitrogens is 1. The highest BCUT2D eigenvalue weighted by Crippen LogP contribution is 2.28. The Morgan fingerprint density at radius 1 is 1.31 bits per heavy atom. The summed E-state index contributed by atoms with van der Waals surface area (Å²) in [6.07, 6.45) is 8.11. The minimum atomic E-state index is -0.591. The van der Waals surface area contributed by atoms with E-state index in [1.54, 1.807) is 24.9 Å². The van der Waals surface area contributed by atoms with Crippen molar-refractivity contribution in [2.75, 3.05) is 23.9 Å². The molecule has 7 nitrogen and oxygen atoms in total. The van der Waals surface area contributed by atoms with E-state index in [0.717, 1.165) is 36.3 Å². The summed E-state index contributed by atoms with van der Waals surface area (Å²) in [6.45, 7) is 4.30. The van der Waals surface area contributed by atoms with E-state index >= 15 is 0 Å². The first-order valence-electron chi connectivity index (χ1n) is 10.1. The van der Waals surface area contributed by atoms with Crippen LogP contribution in [0.4, 0.5) is 5.13 Å². The van der Waals surface area contributed by atoms with Crippen molar-refractivity contribution in [2.45, 2.75) is 58.4 Å². The molecule has 1 saturated carbocycles. The molecular weight excluding hydrogens is 410 g/mol. The predicted octanol–water partition coefficient (Wildman–Crippen LogP) is 3.25. The lowest BCUT2D eigenvalue weighted by Crippen LogP contribution is -2.46. The molecule has 162 valence electrons. The molecule has 0 aliphatic heterocycles. The monoisotopic (exact) mass is 441 g/mol. The zero-order valence-corrected chi connectivity index (χ0v) is 19.0. The van der Waals surface area contributed by atoms with Crippen LogP contribution in [0.3, 0.4) is 0 Å². The normalized spacial score (nSPS) is 20.0. The number of anilines is 1. The van der Waals surface area contributed by atoms with Gasteiger partial charge in [-0.2, -0.15) is 11.8 Å². The fourth-order valence-electron chi connectivity index (χ4n) is 3.31. The average molecular weight is 442 g/mol. The van der Waals surface area contributed by atoms with Crippen LogP contribution in [0.1, 0.15) is 50.8 Å². The second kappa shape index (κ2) is 12.2. The molecule has 2 amide bonds. The summed E-state index contributed by atoms with van der Waals surface area (Å²) in [7, 11) is 0. The fourth-order valence-corrected chi connectivity index (χ4v) is 4.58. The van der Waals surface area contributed by atoms with Crippen molar-refractivity contribution in [3.8, 4) is 0 Å². The van der Waals surface area contributed by atoms with Crippen LogP contribution in [-0.2, 0) is 25.5 Å². The SMILES string of the molecule is CCOC(=O)Cc1cnc(NC(=O)[C@H](CCSC)NC(=O)C2CCC(C)CC2)s1. The van der Waals surface area contributed by atoms with E-state index in [2.05, 4.69) is 22.5 Å². The van der Waals surface area contributed by atoms with Gasteiger partial charge >= 0.3 is 5.97 Å². The number of hydrogen-bond acceptors (Lipinski definition) is 7. The molecule has 0 spiro atoms. The molecule has 0 saturated heterocycles. The average Bonchev–Trinajstić information content (AvgIpc) is 3.12. The molecule has 0 unspecified atom stereocenters. The first-order valence-corrected chi connectivity index (χ1v) is 12.3. The lowest BCUT2D eigenvalue weighted by Gasteiger charge is -2.27. The van der Waals surface area contributed by atoms with Crippen LogP contribution in [0.5, 0.6) is 0 Å². The Bertz CT molecular complexity index is 687. The van der Waals surface area contributed by atoms with Gasteiger partial charge in [0, 0.05) is 17.0 Å². The standard InChI is InChI=1S/C20H31N3O4S2/c1-4-27-17(24)11-15-12-21-20(29-15)23-19(26)16(9-10-28-3)22-18(25)14-7-5-13(2)6-8-14/h12-14,16H,4-11H2,1-3H3,(H,22,25)(H,21,23,26)/t13?,14?,16-/m0/s1. The number of nitrogens with one attached hydrogen (secondary N) is 2. The van der Waals surface area contributed by atoms with Crippen LogP contribution in [0.25, 0.3) is 0 Å². The van der Waals surface area contributed by atoms with Gasteiger partial charge in [-0.15, -0.1) is 11.3 Å². The van der Waals surface area contributed by atoms with Gasteiger partial charge in [0.15, 0.2) is 5.13 Å². The summed E-state index contributed by atoms with van der Waals surface area (Å²) in [6, 6.07) is -0.591. The lowest BCUT2D eigenvalue weighted by molar-refractivity contribution is -0.142. The highest BCUT2D eigenvalue weighted by molar-refractivity contribution is 7.98. The highest BCUT2D eigenvalue weighted by Gasteiger charge is 2.28. The minimum absolute atomic E-state index is 0.00757. The van der Waals surface area contributed by atoms with E-state index in [-0.39, 0.29) is 30.1 Å². The van der Waals surface area contributed by atoms with E-state index in [4.69, 9.17) is 4.74 Å². The molecule has 2 N–H and O–H groups in total. The fraction of sp³-hybridized carbons (Fsp3) is 0.700. The van der Waals surface area contributed by atoms with Crippen LogP contribution in [0, 0.1) is 11.8 Å². The second-order valence-corrected chi connectivity index (χ2v) is 9.50. The van der Waals surface area contributed by atoms with Gasteiger partial charge in [0.2, 0.25) is 11.8 Å². The number of esters is 1. The molecule has 1 heterocycles. The van der Waals surface area contributed by atoms with Crippen molar-refractivity contribution >= 4 is 46.0 Å². The Labute approximate surface area is 180 Å². The number of ether oxygens (including phenoxy) is 1. The second-order valence-electron chi connectivity index (χ2n) is 7.40. The topological polar surface area (TPSA) is 97.4 Å². The number of nitrogens with zero attached hydrogens (tertiary/aromatic N) is 1. The molecule has 1 aromatic heterocycles. The molecular formula is C20H31N3O4S2. The Kier molecular flexibility index (Phi) is 9.93. The van der Waals surface area contributed by atoms with Crippen molar-refractivity contribution < 1.29 is 19.1 Å². The van der Waals surface area contributed by atoms with E-state index in [1.165, 1.54) is 11.3 Å². The molecule has 1 atom stereocenters. The maximum atomic E-state index is 12.8. The van der Waals surface area contributed by atoms with Crippen molar-refractivity contribution in [2.24, 2.45) is 11.8 Å². The van der Waals surface area contributed by atoms with Gasteiger partial charge in [0.1, 0.15) is 6.04 Å². The van der Waals surface area contributed by atoms with Crippen LogP contribution in [0.2, 0.25) is 0 Å². The quantitative estimate of drug-likeness (QED) is 0.541. The molecule has 1 fully saturated rings. The third-order valence-electron chi connectivity index (χ3n) is 5.04. The summed E-state index contributed by atoms with van der Waals surface area (Å²) in [5.41, 5.74) is 0. The van der Waals surface area contributed by atoms with Gasteiger partial charge in [-0.3, -0.25) is 14.4 Å². The molecule has 1 aromatic rings. The molecule has 29 heavy (non-hydrogen) atoms.